The van der Waals surface area contributed by atoms with Crippen LogP contribution in [0.2, 0.25) is 0 Å². The number of benzene rings is 2. The Labute approximate surface area is 206 Å². The van der Waals surface area contributed by atoms with E-state index in [2.05, 4.69) is 5.32 Å². The summed E-state index contributed by atoms with van der Waals surface area (Å²) in [6, 6.07) is 12.6. The predicted molar refractivity (Wildman–Crippen MR) is 133 cm³/mol. The fourth-order valence-corrected chi connectivity index (χ4v) is 5.48. The van der Waals surface area contributed by atoms with Gasteiger partial charge < -0.3 is 14.8 Å². The Balaban J connectivity index is 1.42. The van der Waals surface area contributed by atoms with Gasteiger partial charge in [-0.2, -0.15) is 4.31 Å². The monoisotopic (exact) mass is 525 g/mol. The standard InChI is InChI=1S/C23H31N3O7S2/c1-18(33-21-8-6-19(7-9-21)25(2)34(3,28)29)23(27)24-14-17-32-20-10-12-22(13-11-20)35(30,31)26-15-4-5-16-26/h6-13,18H,4-5,14-17H2,1-3H3,(H,24,27)/t18-/m0/s1. The van der Waals surface area contributed by atoms with Crippen LogP contribution >= 0.6 is 0 Å². The summed E-state index contributed by atoms with van der Waals surface area (Å²) in [5.74, 6) is 0.597. The molecule has 10 nitrogen and oxygen atoms in total. The van der Waals surface area contributed by atoms with Crippen molar-refractivity contribution >= 4 is 31.6 Å². The summed E-state index contributed by atoms with van der Waals surface area (Å²) in [5, 5.41) is 2.72. The SMILES string of the molecule is C[C@H](Oc1ccc(N(C)S(C)(=O)=O)cc1)C(=O)NCCOc1ccc(S(=O)(=O)N2CCCC2)cc1. The number of carbonyl (C=O) groups is 1. The molecule has 0 radical (unpaired) electrons. The molecular weight excluding hydrogens is 494 g/mol. The summed E-state index contributed by atoms with van der Waals surface area (Å²) in [6.07, 6.45) is 2.10. The van der Waals surface area contributed by atoms with Crippen LogP contribution in [-0.4, -0.2) is 72.7 Å². The highest BCUT2D eigenvalue weighted by atomic mass is 32.2. The number of ether oxygens (including phenoxy) is 2. The lowest BCUT2D eigenvalue weighted by Gasteiger charge is -2.18. The predicted octanol–water partition coefficient (Wildman–Crippen LogP) is 1.83. The van der Waals surface area contributed by atoms with Crippen LogP contribution in [0.4, 0.5) is 5.69 Å². The van der Waals surface area contributed by atoms with Crippen molar-refractivity contribution in [2.75, 3.05) is 43.8 Å². The zero-order valence-corrected chi connectivity index (χ0v) is 21.6. The first-order valence-electron chi connectivity index (χ1n) is 11.2. The molecule has 1 amide bonds. The third kappa shape index (κ3) is 7.09. The Kier molecular flexibility index (Phi) is 8.62. The second-order valence-electron chi connectivity index (χ2n) is 8.21. The number of amides is 1. The van der Waals surface area contributed by atoms with Crippen molar-refractivity contribution in [1.82, 2.24) is 9.62 Å². The first-order chi connectivity index (χ1) is 16.5. The molecule has 1 atom stereocenters. The van der Waals surface area contributed by atoms with Gasteiger partial charge >= 0.3 is 0 Å². The van der Waals surface area contributed by atoms with Crippen LogP contribution in [-0.2, 0) is 24.8 Å². The summed E-state index contributed by atoms with van der Waals surface area (Å²) < 4.78 is 62.2. The van der Waals surface area contributed by atoms with Crippen LogP contribution in [0.5, 0.6) is 11.5 Å². The summed E-state index contributed by atoms with van der Waals surface area (Å²) in [6.45, 7) is 3.14. The number of nitrogens with zero attached hydrogens (tertiary/aromatic N) is 2. The number of nitrogens with one attached hydrogen (secondary N) is 1. The van der Waals surface area contributed by atoms with Gasteiger partial charge in [0, 0.05) is 20.1 Å². The molecule has 0 aromatic heterocycles. The second-order valence-corrected chi connectivity index (χ2v) is 12.2. The maximum Gasteiger partial charge on any atom is 0.260 e. The van der Waals surface area contributed by atoms with Gasteiger partial charge in [-0.1, -0.05) is 0 Å². The quantitative estimate of drug-likeness (QED) is 0.444. The number of hydrogen-bond donors (Lipinski definition) is 1. The van der Waals surface area contributed by atoms with E-state index < -0.39 is 26.2 Å². The van der Waals surface area contributed by atoms with E-state index in [9.17, 15) is 21.6 Å². The number of hydrogen-bond acceptors (Lipinski definition) is 7. The molecule has 1 fully saturated rings. The van der Waals surface area contributed by atoms with Gasteiger partial charge in [-0.15, -0.1) is 0 Å². The van der Waals surface area contributed by atoms with Gasteiger partial charge in [0.25, 0.3) is 5.91 Å². The highest BCUT2D eigenvalue weighted by Gasteiger charge is 2.27. The van der Waals surface area contributed by atoms with Gasteiger partial charge in [0.15, 0.2) is 6.10 Å². The molecule has 1 aliphatic rings. The van der Waals surface area contributed by atoms with Crippen molar-refractivity contribution in [2.45, 2.75) is 30.8 Å². The fourth-order valence-electron chi connectivity index (χ4n) is 3.46. The molecule has 192 valence electrons. The number of sulfonamides is 2. The summed E-state index contributed by atoms with van der Waals surface area (Å²) >= 11 is 0. The molecule has 0 bridgehead atoms. The van der Waals surface area contributed by atoms with E-state index in [4.69, 9.17) is 9.47 Å². The van der Waals surface area contributed by atoms with Gasteiger partial charge in [0.05, 0.1) is 23.4 Å². The van der Waals surface area contributed by atoms with E-state index in [1.165, 1.54) is 23.5 Å². The van der Waals surface area contributed by atoms with E-state index in [-0.39, 0.29) is 24.0 Å². The molecule has 35 heavy (non-hydrogen) atoms. The van der Waals surface area contributed by atoms with Gasteiger partial charge in [-0.25, -0.2) is 16.8 Å². The molecular formula is C23H31N3O7S2. The van der Waals surface area contributed by atoms with Crippen LogP contribution in [0.15, 0.2) is 53.4 Å². The van der Waals surface area contributed by atoms with Crippen molar-refractivity contribution in [2.24, 2.45) is 0 Å². The first kappa shape index (κ1) is 26.8. The van der Waals surface area contributed by atoms with Crippen molar-refractivity contribution in [3.05, 3.63) is 48.5 Å². The molecule has 3 rings (SSSR count). The third-order valence-corrected chi connectivity index (χ3v) is 8.70. The van der Waals surface area contributed by atoms with Crippen molar-refractivity contribution < 1.29 is 31.1 Å². The van der Waals surface area contributed by atoms with Crippen LogP contribution in [0, 0.1) is 0 Å². The lowest BCUT2D eigenvalue weighted by molar-refractivity contribution is -0.127. The molecule has 0 spiro atoms. The molecule has 1 saturated heterocycles. The lowest BCUT2D eigenvalue weighted by atomic mass is 10.3. The average Bonchev–Trinajstić information content (AvgIpc) is 3.37. The largest absolute Gasteiger partial charge is 0.492 e. The smallest absolute Gasteiger partial charge is 0.260 e. The molecule has 2 aromatic rings. The van der Waals surface area contributed by atoms with Crippen LogP contribution < -0.4 is 19.1 Å². The Morgan fingerprint density at radius 2 is 1.57 bits per heavy atom. The summed E-state index contributed by atoms with van der Waals surface area (Å²) in [5.41, 5.74) is 0.482. The number of anilines is 1. The van der Waals surface area contributed by atoms with E-state index in [0.29, 0.717) is 30.3 Å². The van der Waals surface area contributed by atoms with Gasteiger partial charge in [0.1, 0.15) is 18.1 Å². The lowest BCUT2D eigenvalue weighted by Crippen LogP contribution is -2.38. The topological polar surface area (TPSA) is 122 Å². The minimum absolute atomic E-state index is 0.198. The maximum absolute atomic E-state index is 12.6. The van der Waals surface area contributed by atoms with Crippen LogP contribution in [0.3, 0.4) is 0 Å². The van der Waals surface area contributed by atoms with Gasteiger partial charge in [0.2, 0.25) is 20.0 Å². The number of carbonyl (C=O) groups excluding carboxylic acids is 1. The molecule has 0 aliphatic carbocycles. The zero-order chi connectivity index (χ0) is 25.6. The van der Waals surface area contributed by atoms with Crippen molar-refractivity contribution in [3.8, 4) is 11.5 Å². The highest BCUT2D eigenvalue weighted by Crippen LogP contribution is 2.23. The van der Waals surface area contributed by atoms with Crippen molar-refractivity contribution in [1.29, 1.82) is 0 Å². The Morgan fingerprint density at radius 1 is 1.00 bits per heavy atom. The average molecular weight is 526 g/mol. The Hall–Kier alpha value is -2.83. The molecule has 12 heteroatoms. The van der Waals surface area contributed by atoms with E-state index in [1.807, 2.05) is 0 Å². The first-order valence-corrected chi connectivity index (χ1v) is 14.5. The molecule has 2 aromatic carbocycles. The maximum atomic E-state index is 12.6. The summed E-state index contributed by atoms with van der Waals surface area (Å²) in [7, 11) is -5.37. The van der Waals surface area contributed by atoms with Gasteiger partial charge in [-0.05, 0) is 68.3 Å². The summed E-state index contributed by atoms with van der Waals surface area (Å²) in [4.78, 5) is 12.5. The third-order valence-electron chi connectivity index (χ3n) is 5.58. The Bertz CT molecular complexity index is 1210. The highest BCUT2D eigenvalue weighted by molar-refractivity contribution is 7.92. The Morgan fingerprint density at radius 3 is 2.14 bits per heavy atom. The number of rotatable bonds is 11. The molecule has 1 aliphatic heterocycles. The van der Waals surface area contributed by atoms with Crippen molar-refractivity contribution in [3.63, 3.8) is 0 Å². The fraction of sp³-hybridized carbons (Fsp3) is 0.435. The molecule has 1 heterocycles. The van der Waals surface area contributed by atoms with E-state index in [1.54, 1.807) is 43.3 Å². The minimum Gasteiger partial charge on any atom is -0.492 e. The molecule has 1 N–H and O–H groups in total. The normalized spacial score (nSPS) is 15.4. The van der Waals surface area contributed by atoms with Gasteiger partial charge in [-0.3, -0.25) is 9.10 Å². The van der Waals surface area contributed by atoms with Crippen LogP contribution in [0.25, 0.3) is 0 Å². The van der Waals surface area contributed by atoms with E-state index in [0.717, 1.165) is 23.4 Å². The minimum atomic E-state index is -3.46. The second kappa shape index (κ2) is 11.3. The van der Waals surface area contributed by atoms with Crippen LogP contribution in [0.1, 0.15) is 19.8 Å². The van der Waals surface area contributed by atoms with E-state index >= 15 is 0 Å². The zero-order valence-electron chi connectivity index (χ0n) is 20.0. The molecule has 0 saturated carbocycles. The molecule has 0 unspecified atom stereocenters.